The molecule has 0 spiro atoms. The van der Waals surface area contributed by atoms with Crippen LogP contribution in [0.2, 0.25) is 0 Å². The Kier molecular flexibility index (Phi) is 5.24. The molecule has 1 atom stereocenters. The minimum atomic E-state index is -0.227. The van der Waals surface area contributed by atoms with Gasteiger partial charge in [-0.15, -0.1) is 0 Å². The monoisotopic (exact) mass is 385 g/mol. The van der Waals surface area contributed by atoms with E-state index in [2.05, 4.69) is 10.3 Å². The Morgan fingerprint density at radius 3 is 2.70 bits per heavy atom. The molecule has 1 aromatic carbocycles. The molecule has 1 amide bonds. The first-order valence-corrected chi connectivity index (χ1v) is 9.81. The van der Waals surface area contributed by atoms with E-state index in [4.69, 9.17) is 0 Å². The summed E-state index contributed by atoms with van der Waals surface area (Å²) in [7, 11) is 0. The van der Waals surface area contributed by atoms with Crippen LogP contribution < -0.4 is 10.9 Å². The lowest BCUT2D eigenvalue weighted by Crippen LogP contribution is -2.29. The lowest BCUT2D eigenvalue weighted by Gasteiger charge is -2.19. The number of nitrogens with zero attached hydrogens (tertiary/aromatic N) is 2. The quantitative estimate of drug-likeness (QED) is 0.644. The first-order valence-electron chi connectivity index (χ1n) is 8.83. The van der Waals surface area contributed by atoms with Gasteiger partial charge < -0.3 is 5.32 Å². The highest BCUT2D eigenvalue weighted by Crippen LogP contribution is 2.33. The fourth-order valence-electron chi connectivity index (χ4n) is 2.93. The molecule has 0 radical (unpaired) electrons. The van der Waals surface area contributed by atoms with Crippen LogP contribution in [-0.2, 0) is 10.2 Å². The minimum absolute atomic E-state index is 0.0560. The highest BCUT2D eigenvalue weighted by Gasteiger charge is 2.29. The standard InChI is InChI=1S/C20H23N3O3S/c1-12(24)13-6-5-7-14(8-13)21-17(25)9-15-11-27-19-22-16(20(2,3)4)10-18(26)23(15)19/h5-8,10,15H,9,11H2,1-4H3,(H,21,25). The van der Waals surface area contributed by atoms with E-state index in [-0.39, 0.29) is 35.1 Å². The Hall–Kier alpha value is -2.41. The number of ketones is 1. The number of carbonyl (C=O) groups is 2. The van der Waals surface area contributed by atoms with E-state index < -0.39 is 0 Å². The topological polar surface area (TPSA) is 81.1 Å². The zero-order chi connectivity index (χ0) is 19.8. The number of nitrogens with one attached hydrogen (secondary N) is 1. The van der Waals surface area contributed by atoms with Crippen molar-refractivity contribution < 1.29 is 9.59 Å². The van der Waals surface area contributed by atoms with E-state index in [0.29, 0.717) is 22.2 Å². The molecule has 0 saturated carbocycles. The fraction of sp³-hybridized carbons (Fsp3) is 0.400. The first kappa shape index (κ1) is 19.4. The van der Waals surface area contributed by atoms with Gasteiger partial charge in [0.2, 0.25) is 5.91 Å². The van der Waals surface area contributed by atoms with Gasteiger partial charge in [-0.1, -0.05) is 44.7 Å². The lowest BCUT2D eigenvalue weighted by molar-refractivity contribution is -0.116. The van der Waals surface area contributed by atoms with E-state index in [9.17, 15) is 14.4 Å². The lowest BCUT2D eigenvalue weighted by atomic mass is 9.92. The number of fused-ring (bicyclic) bond motifs is 1. The highest BCUT2D eigenvalue weighted by atomic mass is 32.2. The van der Waals surface area contributed by atoms with Crippen molar-refractivity contribution in [2.75, 3.05) is 11.1 Å². The van der Waals surface area contributed by atoms with E-state index in [1.165, 1.54) is 18.7 Å². The molecule has 142 valence electrons. The van der Waals surface area contributed by atoms with Gasteiger partial charge in [-0.25, -0.2) is 4.98 Å². The van der Waals surface area contributed by atoms with Gasteiger partial charge in [0, 0.05) is 34.9 Å². The molecule has 27 heavy (non-hydrogen) atoms. The molecule has 0 aliphatic carbocycles. The van der Waals surface area contributed by atoms with Gasteiger partial charge in [-0.2, -0.15) is 0 Å². The third-order valence-corrected chi connectivity index (χ3v) is 5.53. The van der Waals surface area contributed by atoms with Gasteiger partial charge in [0.1, 0.15) is 0 Å². The van der Waals surface area contributed by atoms with Gasteiger partial charge in [0.05, 0.1) is 11.7 Å². The summed E-state index contributed by atoms with van der Waals surface area (Å²) in [5.41, 5.74) is 1.56. The summed E-state index contributed by atoms with van der Waals surface area (Å²) >= 11 is 1.50. The zero-order valence-electron chi connectivity index (χ0n) is 15.9. The molecule has 1 aromatic heterocycles. The Morgan fingerprint density at radius 2 is 2.04 bits per heavy atom. The molecule has 1 N–H and O–H groups in total. The molecule has 7 heteroatoms. The second kappa shape index (κ2) is 7.31. The summed E-state index contributed by atoms with van der Waals surface area (Å²) in [5, 5.41) is 3.48. The fourth-order valence-corrected chi connectivity index (χ4v) is 4.08. The highest BCUT2D eigenvalue weighted by molar-refractivity contribution is 7.99. The number of aromatic nitrogens is 2. The second-order valence-electron chi connectivity index (χ2n) is 7.74. The van der Waals surface area contributed by atoms with Crippen molar-refractivity contribution in [3.05, 3.63) is 51.9 Å². The van der Waals surface area contributed by atoms with Gasteiger partial charge in [-0.05, 0) is 19.1 Å². The predicted octanol–water partition coefficient (Wildman–Crippen LogP) is 3.42. The molecule has 6 nitrogen and oxygen atoms in total. The Balaban J connectivity index is 1.75. The van der Waals surface area contributed by atoms with Crippen molar-refractivity contribution in [1.29, 1.82) is 0 Å². The molecule has 2 heterocycles. The number of amides is 1. The number of rotatable bonds is 4. The van der Waals surface area contributed by atoms with Crippen molar-refractivity contribution in [3.8, 4) is 0 Å². The maximum Gasteiger partial charge on any atom is 0.254 e. The second-order valence-corrected chi connectivity index (χ2v) is 8.72. The van der Waals surface area contributed by atoms with Crippen LogP contribution in [0.3, 0.4) is 0 Å². The third-order valence-electron chi connectivity index (χ3n) is 4.43. The summed E-state index contributed by atoms with van der Waals surface area (Å²) in [4.78, 5) is 41.1. The number of Topliss-reactive ketones (excluding diaryl/α,β-unsaturated/α-hetero) is 1. The van der Waals surface area contributed by atoms with Gasteiger partial charge in [0.25, 0.3) is 5.56 Å². The third kappa shape index (κ3) is 4.30. The molecule has 2 aromatic rings. The van der Waals surface area contributed by atoms with Crippen molar-refractivity contribution in [2.24, 2.45) is 0 Å². The zero-order valence-corrected chi connectivity index (χ0v) is 16.7. The Bertz CT molecular complexity index is 960. The van der Waals surface area contributed by atoms with E-state index in [1.807, 2.05) is 20.8 Å². The number of benzene rings is 1. The van der Waals surface area contributed by atoms with Crippen molar-refractivity contribution in [3.63, 3.8) is 0 Å². The van der Waals surface area contributed by atoms with E-state index in [1.54, 1.807) is 34.9 Å². The predicted molar refractivity (Wildman–Crippen MR) is 107 cm³/mol. The Morgan fingerprint density at radius 1 is 1.30 bits per heavy atom. The van der Waals surface area contributed by atoms with Crippen molar-refractivity contribution in [2.45, 2.75) is 50.7 Å². The molecular formula is C20H23N3O3S. The van der Waals surface area contributed by atoms with E-state index >= 15 is 0 Å². The molecule has 0 saturated heterocycles. The van der Waals surface area contributed by atoms with Crippen LogP contribution >= 0.6 is 11.8 Å². The maximum absolute atomic E-state index is 12.6. The first-order chi connectivity index (χ1) is 12.6. The van der Waals surface area contributed by atoms with Crippen LogP contribution in [0.25, 0.3) is 0 Å². The number of carbonyl (C=O) groups excluding carboxylic acids is 2. The normalized spacial score (nSPS) is 16.1. The van der Waals surface area contributed by atoms with Gasteiger partial charge in [0.15, 0.2) is 10.9 Å². The molecule has 0 fully saturated rings. The summed E-state index contributed by atoms with van der Waals surface area (Å²) in [6.07, 6.45) is 0.181. The Labute approximate surface area is 162 Å². The summed E-state index contributed by atoms with van der Waals surface area (Å²) in [6, 6.07) is 8.17. The number of hydrogen-bond acceptors (Lipinski definition) is 5. The van der Waals surface area contributed by atoms with Crippen LogP contribution in [0.4, 0.5) is 5.69 Å². The van der Waals surface area contributed by atoms with Crippen molar-refractivity contribution >= 4 is 29.1 Å². The molecular weight excluding hydrogens is 362 g/mol. The van der Waals surface area contributed by atoms with Crippen molar-refractivity contribution in [1.82, 2.24) is 9.55 Å². The maximum atomic E-state index is 12.6. The van der Waals surface area contributed by atoms with Gasteiger partial charge in [-0.3, -0.25) is 19.0 Å². The summed E-state index contributed by atoms with van der Waals surface area (Å²) in [5.74, 6) is 0.386. The smallest absolute Gasteiger partial charge is 0.254 e. The minimum Gasteiger partial charge on any atom is -0.326 e. The molecule has 0 bridgehead atoms. The largest absolute Gasteiger partial charge is 0.326 e. The molecule has 1 unspecified atom stereocenters. The average Bonchev–Trinajstić information content (AvgIpc) is 2.97. The molecule has 1 aliphatic rings. The SMILES string of the molecule is CC(=O)c1cccc(NC(=O)CC2CSc3nc(C(C)(C)C)cc(=O)n32)c1. The number of thioether (sulfide) groups is 1. The van der Waals surface area contributed by atoms with Crippen LogP contribution in [0.1, 0.15) is 56.2 Å². The summed E-state index contributed by atoms with van der Waals surface area (Å²) < 4.78 is 1.62. The molecule has 1 aliphatic heterocycles. The average molecular weight is 385 g/mol. The van der Waals surface area contributed by atoms with Gasteiger partial charge >= 0.3 is 0 Å². The van der Waals surface area contributed by atoms with Crippen LogP contribution in [0, 0.1) is 0 Å². The number of hydrogen-bond donors (Lipinski definition) is 1. The van der Waals surface area contributed by atoms with E-state index in [0.717, 1.165) is 5.69 Å². The molecule has 3 rings (SSSR count). The van der Waals surface area contributed by atoms with Crippen LogP contribution in [0.5, 0.6) is 0 Å². The number of anilines is 1. The van der Waals surface area contributed by atoms with Crippen LogP contribution in [0.15, 0.2) is 40.3 Å². The summed E-state index contributed by atoms with van der Waals surface area (Å²) in [6.45, 7) is 7.54. The van der Waals surface area contributed by atoms with Crippen LogP contribution in [-0.4, -0.2) is 27.0 Å².